The van der Waals surface area contributed by atoms with Crippen molar-refractivity contribution in [2.24, 2.45) is 0 Å². The van der Waals surface area contributed by atoms with Crippen LogP contribution in [0.2, 0.25) is 5.02 Å². The Bertz CT molecular complexity index is 483. The molecule has 0 aromatic heterocycles. The number of hydrogen-bond donors (Lipinski definition) is 1. The van der Waals surface area contributed by atoms with Gasteiger partial charge < -0.3 is 19.5 Å². The maximum atomic E-state index is 11.7. The Kier molecular flexibility index (Phi) is 5.51. The lowest BCUT2D eigenvalue weighted by atomic mass is 10.2. The molecule has 20 heavy (non-hydrogen) atoms. The molecule has 6 heteroatoms. The highest BCUT2D eigenvalue weighted by molar-refractivity contribution is 6.32. The molecule has 1 aromatic rings. The number of carbonyl (C=O) groups is 1. The van der Waals surface area contributed by atoms with Crippen LogP contribution < -0.4 is 14.8 Å². The summed E-state index contributed by atoms with van der Waals surface area (Å²) in [6.07, 6.45) is 0. The lowest BCUT2D eigenvalue weighted by Crippen LogP contribution is -2.28. The second kappa shape index (κ2) is 6.70. The molecule has 0 atom stereocenters. The van der Waals surface area contributed by atoms with E-state index in [9.17, 15) is 4.79 Å². The van der Waals surface area contributed by atoms with E-state index in [0.29, 0.717) is 22.2 Å². The first kappa shape index (κ1) is 16.4. The molecule has 1 aromatic carbocycles. The van der Waals surface area contributed by atoms with Crippen LogP contribution in [0.4, 0.5) is 5.69 Å². The van der Waals surface area contributed by atoms with Crippen LogP contribution in [0.15, 0.2) is 12.1 Å². The number of carbonyl (C=O) groups excluding carboxylic acids is 1. The minimum Gasteiger partial charge on any atom is -0.495 e. The van der Waals surface area contributed by atoms with Gasteiger partial charge in [0.25, 0.3) is 0 Å². The van der Waals surface area contributed by atoms with Crippen LogP contribution in [-0.4, -0.2) is 32.3 Å². The van der Waals surface area contributed by atoms with Crippen LogP contribution in [0.5, 0.6) is 11.5 Å². The van der Waals surface area contributed by atoms with Gasteiger partial charge in [-0.1, -0.05) is 11.6 Å². The molecular formula is C14H20ClNO4. The molecule has 1 rings (SSSR count). The highest BCUT2D eigenvalue weighted by atomic mass is 35.5. The molecule has 112 valence electrons. The number of halogens is 1. The van der Waals surface area contributed by atoms with Gasteiger partial charge in [-0.05, 0) is 20.8 Å². The lowest BCUT2D eigenvalue weighted by molar-refractivity contribution is -0.152. The first-order valence-corrected chi connectivity index (χ1v) is 6.52. The summed E-state index contributed by atoms with van der Waals surface area (Å²) in [5, 5.41) is 3.39. The third-order valence-corrected chi connectivity index (χ3v) is 2.61. The molecule has 0 fully saturated rings. The molecular weight excluding hydrogens is 282 g/mol. The van der Waals surface area contributed by atoms with Crippen LogP contribution in [0.3, 0.4) is 0 Å². The van der Waals surface area contributed by atoms with E-state index in [1.807, 2.05) is 20.8 Å². The number of hydrogen-bond acceptors (Lipinski definition) is 5. The van der Waals surface area contributed by atoms with E-state index in [0.717, 1.165) is 0 Å². The van der Waals surface area contributed by atoms with Crippen LogP contribution in [0.25, 0.3) is 0 Å². The molecule has 0 saturated carbocycles. The predicted octanol–water partition coefficient (Wildman–Crippen LogP) is 3.11. The minimum atomic E-state index is -0.513. The molecule has 1 N–H and O–H groups in total. The van der Waals surface area contributed by atoms with Crippen molar-refractivity contribution in [1.82, 2.24) is 0 Å². The third kappa shape index (κ3) is 4.81. The van der Waals surface area contributed by atoms with Gasteiger partial charge in [0.2, 0.25) is 0 Å². The number of anilines is 1. The highest BCUT2D eigenvalue weighted by Crippen LogP contribution is 2.35. The van der Waals surface area contributed by atoms with Crippen molar-refractivity contribution >= 4 is 23.3 Å². The van der Waals surface area contributed by atoms with Crippen molar-refractivity contribution in [2.45, 2.75) is 26.4 Å². The van der Waals surface area contributed by atoms with Gasteiger partial charge in [0.1, 0.15) is 23.6 Å². The van der Waals surface area contributed by atoms with Crippen molar-refractivity contribution in [3.8, 4) is 11.5 Å². The lowest BCUT2D eigenvalue weighted by Gasteiger charge is -2.20. The van der Waals surface area contributed by atoms with E-state index in [1.54, 1.807) is 12.1 Å². The van der Waals surface area contributed by atoms with Crippen molar-refractivity contribution in [1.29, 1.82) is 0 Å². The summed E-state index contributed by atoms with van der Waals surface area (Å²) in [6, 6.07) is 3.29. The number of methoxy groups -OCH3 is 2. The van der Waals surface area contributed by atoms with E-state index >= 15 is 0 Å². The third-order valence-electron chi connectivity index (χ3n) is 2.32. The molecule has 0 heterocycles. The van der Waals surface area contributed by atoms with E-state index in [2.05, 4.69) is 5.32 Å². The Morgan fingerprint density at radius 1 is 1.20 bits per heavy atom. The van der Waals surface area contributed by atoms with Gasteiger partial charge in [0.05, 0.1) is 24.9 Å². The summed E-state index contributed by atoms with van der Waals surface area (Å²) in [5.74, 6) is 0.673. The van der Waals surface area contributed by atoms with E-state index in [-0.39, 0.29) is 12.5 Å². The Labute approximate surface area is 124 Å². The van der Waals surface area contributed by atoms with Gasteiger partial charge in [-0.15, -0.1) is 0 Å². The van der Waals surface area contributed by atoms with Gasteiger partial charge in [-0.3, -0.25) is 4.79 Å². The second-order valence-corrected chi connectivity index (χ2v) is 5.53. The first-order chi connectivity index (χ1) is 9.26. The summed E-state index contributed by atoms with van der Waals surface area (Å²) in [7, 11) is 3.04. The zero-order valence-electron chi connectivity index (χ0n) is 12.4. The molecule has 0 amide bonds. The predicted molar refractivity (Wildman–Crippen MR) is 78.9 cm³/mol. The average Bonchev–Trinajstić information content (AvgIpc) is 2.34. The molecule has 0 spiro atoms. The van der Waals surface area contributed by atoms with Gasteiger partial charge in [-0.25, -0.2) is 0 Å². The van der Waals surface area contributed by atoms with Crippen LogP contribution in [0, 0.1) is 0 Å². The number of esters is 1. The zero-order valence-corrected chi connectivity index (χ0v) is 13.1. The quantitative estimate of drug-likeness (QED) is 0.847. The Balaban J connectivity index is 2.79. The number of ether oxygens (including phenoxy) is 3. The van der Waals surface area contributed by atoms with Crippen LogP contribution in [0.1, 0.15) is 20.8 Å². The largest absolute Gasteiger partial charge is 0.495 e. The SMILES string of the molecule is COc1cc(NCC(=O)OC(C)(C)C)c(OC)cc1Cl. The number of benzene rings is 1. The van der Waals surface area contributed by atoms with Gasteiger partial charge in [-0.2, -0.15) is 0 Å². The van der Waals surface area contributed by atoms with Crippen molar-refractivity contribution in [2.75, 3.05) is 26.1 Å². The number of nitrogens with one attached hydrogen (secondary N) is 1. The molecule has 0 saturated heterocycles. The molecule has 0 bridgehead atoms. The fraction of sp³-hybridized carbons (Fsp3) is 0.500. The highest BCUT2D eigenvalue weighted by Gasteiger charge is 2.17. The summed E-state index contributed by atoms with van der Waals surface area (Å²) in [6.45, 7) is 5.48. The zero-order chi connectivity index (χ0) is 15.3. The summed E-state index contributed by atoms with van der Waals surface area (Å²) >= 11 is 6.01. The molecule has 0 radical (unpaired) electrons. The van der Waals surface area contributed by atoms with E-state index < -0.39 is 5.60 Å². The van der Waals surface area contributed by atoms with E-state index in [4.69, 9.17) is 25.8 Å². The summed E-state index contributed by atoms with van der Waals surface area (Å²) in [5.41, 5.74) is 0.0974. The minimum absolute atomic E-state index is 0.0262. The monoisotopic (exact) mass is 301 g/mol. The maximum absolute atomic E-state index is 11.7. The van der Waals surface area contributed by atoms with E-state index in [1.165, 1.54) is 14.2 Å². The van der Waals surface area contributed by atoms with Crippen molar-refractivity contribution in [3.63, 3.8) is 0 Å². The molecule has 5 nitrogen and oxygen atoms in total. The van der Waals surface area contributed by atoms with Crippen molar-refractivity contribution in [3.05, 3.63) is 17.2 Å². The summed E-state index contributed by atoms with van der Waals surface area (Å²) in [4.78, 5) is 11.7. The first-order valence-electron chi connectivity index (χ1n) is 6.14. The molecule has 0 unspecified atom stereocenters. The summed E-state index contributed by atoms with van der Waals surface area (Å²) < 4.78 is 15.5. The molecule has 0 aliphatic heterocycles. The Hall–Kier alpha value is -1.62. The average molecular weight is 302 g/mol. The normalized spacial score (nSPS) is 10.9. The fourth-order valence-electron chi connectivity index (χ4n) is 1.54. The van der Waals surface area contributed by atoms with Crippen LogP contribution in [-0.2, 0) is 9.53 Å². The van der Waals surface area contributed by atoms with Gasteiger partial charge in [0.15, 0.2) is 0 Å². The van der Waals surface area contributed by atoms with Gasteiger partial charge >= 0.3 is 5.97 Å². The molecule has 0 aliphatic rings. The van der Waals surface area contributed by atoms with Crippen LogP contribution >= 0.6 is 11.6 Å². The fourth-order valence-corrected chi connectivity index (χ4v) is 1.77. The van der Waals surface area contributed by atoms with Crippen molar-refractivity contribution < 1.29 is 19.0 Å². The number of rotatable bonds is 5. The smallest absolute Gasteiger partial charge is 0.325 e. The maximum Gasteiger partial charge on any atom is 0.325 e. The standard InChI is InChI=1S/C14H20ClNO4/c1-14(2,3)20-13(17)8-16-10-7-11(18-4)9(15)6-12(10)19-5/h6-7,16H,8H2,1-5H3. The Morgan fingerprint density at radius 2 is 1.80 bits per heavy atom. The van der Waals surface area contributed by atoms with Gasteiger partial charge in [0, 0.05) is 12.1 Å². The second-order valence-electron chi connectivity index (χ2n) is 5.13. The topological polar surface area (TPSA) is 56.8 Å². The molecule has 0 aliphatic carbocycles. The Morgan fingerprint density at radius 3 is 2.30 bits per heavy atom.